The third-order valence-corrected chi connectivity index (χ3v) is 3.52. The molecule has 2 aromatic rings. The van der Waals surface area contributed by atoms with Gasteiger partial charge in [0, 0.05) is 29.6 Å². The van der Waals surface area contributed by atoms with Crippen LogP contribution >= 0.6 is 23.2 Å². The van der Waals surface area contributed by atoms with Crippen molar-refractivity contribution in [2.75, 3.05) is 0 Å². The summed E-state index contributed by atoms with van der Waals surface area (Å²) in [6.45, 7) is 3.85. The first-order valence-electron chi connectivity index (χ1n) is 6.83. The Labute approximate surface area is 139 Å². The quantitative estimate of drug-likeness (QED) is 0.901. The van der Waals surface area contributed by atoms with E-state index in [0.717, 1.165) is 17.7 Å². The van der Waals surface area contributed by atoms with E-state index in [4.69, 9.17) is 27.9 Å². The largest absolute Gasteiger partial charge is 0.439 e. The van der Waals surface area contributed by atoms with Crippen molar-refractivity contribution >= 4 is 29.1 Å². The number of benzene rings is 1. The summed E-state index contributed by atoms with van der Waals surface area (Å²) in [5, 5.41) is 8.15. The Kier molecular flexibility index (Phi) is 5.32. The minimum Gasteiger partial charge on any atom is -0.439 e. The molecule has 0 unspecified atom stereocenters. The monoisotopic (exact) mass is 341 g/mol. The van der Waals surface area contributed by atoms with E-state index in [1.807, 2.05) is 6.92 Å². The third kappa shape index (κ3) is 3.93. The normalized spacial score (nSPS) is 10.6. The van der Waals surface area contributed by atoms with E-state index < -0.39 is 0 Å². The summed E-state index contributed by atoms with van der Waals surface area (Å²) in [5.41, 5.74) is 1.72. The molecular weight excluding hydrogens is 325 g/mol. The second-order valence-corrected chi connectivity index (χ2v) is 5.70. The van der Waals surface area contributed by atoms with Crippen LogP contribution in [0.5, 0.6) is 11.6 Å². The Morgan fingerprint density at radius 1 is 1.32 bits per heavy atom. The van der Waals surface area contributed by atoms with Crippen molar-refractivity contribution in [2.45, 2.75) is 26.8 Å². The molecular formula is C15H17Cl2N3O2. The molecule has 0 aliphatic rings. The molecule has 2 rings (SSSR count). The smallest absolute Gasteiger partial charge is 0.221 e. The van der Waals surface area contributed by atoms with Crippen LogP contribution in [-0.4, -0.2) is 15.7 Å². The van der Waals surface area contributed by atoms with E-state index in [-0.39, 0.29) is 5.91 Å². The van der Waals surface area contributed by atoms with Crippen molar-refractivity contribution < 1.29 is 9.53 Å². The average Bonchev–Trinajstić information content (AvgIpc) is 2.71. The van der Waals surface area contributed by atoms with E-state index in [1.165, 1.54) is 6.92 Å². The fourth-order valence-electron chi connectivity index (χ4n) is 2.14. The highest BCUT2D eigenvalue weighted by molar-refractivity contribution is 6.34. The number of carbonyl (C=O) groups is 1. The Bertz CT molecular complexity index is 678. The summed E-state index contributed by atoms with van der Waals surface area (Å²) in [6, 6.07) is 5.02. The molecule has 0 radical (unpaired) electrons. The van der Waals surface area contributed by atoms with Gasteiger partial charge in [-0.3, -0.25) is 4.79 Å². The molecule has 1 N–H and O–H groups in total. The predicted molar refractivity (Wildman–Crippen MR) is 86.6 cm³/mol. The van der Waals surface area contributed by atoms with Gasteiger partial charge in [0.05, 0.1) is 12.2 Å². The van der Waals surface area contributed by atoms with Gasteiger partial charge in [-0.2, -0.15) is 5.10 Å². The first kappa shape index (κ1) is 16.6. The molecule has 0 spiro atoms. The van der Waals surface area contributed by atoms with Crippen molar-refractivity contribution in [3.8, 4) is 11.6 Å². The van der Waals surface area contributed by atoms with E-state index in [2.05, 4.69) is 10.4 Å². The zero-order valence-electron chi connectivity index (χ0n) is 12.6. The molecule has 5 nitrogen and oxygen atoms in total. The Balaban J connectivity index is 2.31. The second kappa shape index (κ2) is 7.03. The number of ether oxygens (including phenoxy) is 1. The highest BCUT2D eigenvalue weighted by Crippen LogP contribution is 2.31. The van der Waals surface area contributed by atoms with E-state index >= 15 is 0 Å². The lowest BCUT2D eigenvalue weighted by Crippen LogP contribution is -2.20. The number of carbonyl (C=O) groups excluding carboxylic acids is 1. The van der Waals surface area contributed by atoms with Gasteiger partial charge in [0.2, 0.25) is 11.8 Å². The van der Waals surface area contributed by atoms with Gasteiger partial charge >= 0.3 is 0 Å². The fraction of sp³-hybridized carbons (Fsp3) is 0.333. The molecule has 0 aliphatic heterocycles. The van der Waals surface area contributed by atoms with Crippen LogP contribution in [-0.2, 0) is 24.8 Å². The van der Waals surface area contributed by atoms with Gasteiger partial charge in [0.25, 0.3) is 0 Å². The molecule has 22 heavy (non-hydrogen) atoms. The topological polar surface area (TPSA) is 56.2 Å². The maximum atomic E-state index is 11.1. The van der Waals surface area contributed by atoms with Gasteiger partial charge < -0.3 is 10.1 Å². The number of halogens is 2. The second-order valence-electron chi connectivity index (χ2n) is 4.82. The van der Waals surface area contributed by atoms with Gasteiger partial charge in [-0.25, -0.2) is 4.68 Å². The number of rotatable bonds is 5. The summed E-state index contributed by atoms with van der Waals surface area (Å²) in [7, 11) is 1.79. The summed E-state index contributed by atoms with van der Waals surface area (Å²) >= 11 is 12.0. The van der Waals surface area contributed by atoms with Crippen molar-refractivity contribution in [1.29, 1.82) is 0 Å². The summed E-state index contributed by atoms with van der Waals surface area (Å²) in [4.78, 5) is 11.1. The Morgan fingerprint density at radius 3 is 2.50 bits per heavy atom. The molecule has 0 saturated carbocycles. The third-order valence-electron chi connectivity index (χ3n) is 3.08. The summed E-state index contributed by atoms with van der Waals surface area (Å²) in [5.74, 6) is 1.05. The molecule has 1 aromatic carbocycles. The molecule has 0 fully saturated rings. The first-order chi connectivity index (χ1) is 10.4. The number of aromatic nitrogens is 2. The van der Waals surface area contributed by atoms with Crippen LogP contribution in [0.2, 0.25) is 10.0 Å². The van der Waals surface area contributed by atoms with Gasteiger partial charge in [-0.05, 0) is 24.6 Å². The highest BCUT2D eigenvalue weighted by atomic mass is 35.5. The molecule has 7 heteroatoms. The number of amides is 1. The lowest BCUT2D eigenvalue weighted by atomic mass is 10.2. The average molecular weight is 342 g/mol. The molecule has 0 aliphatic carbocycles. The lowest BCUT2D eigenvalue weighted by molar-refractivity contribution is -0.119. The Morgan fingerprint density at radius 2 is 1.95 bits per heavy atom. The number of nitrogens with one attached hydrogen (secondary N) is 1. The first-order valence-corrected chi connectivity index (χ1v) is 7.59. The van der Waals surface area contributed by atoms with E-state index in [0.29, 0.717) is 28.2 Å². The van der Waals surface area contributed by atoms with Crippen molar-refractivity contribution in [1.82, 2.24) is 15.1 Å². The zero-order valence-corrected chi connectivity index (χ0v) is 14.1. The van der Waals surface area contributed by atoms with Gasteiger partial charge in [-0.15, -0.1) is 0 Å². The summed E-state index contributed by atoms with van der Waals surface area (Å²) in [6.07, 6.45) is 0.729. The van der Waals surface area contributed by atoms with Gasteiger partial charge in [0.15, 0.2) is 0 Å². The number of aryl methyl sites for hydroxylation is 1. The van der Waals surface area contributed by atoms with Crippen molar-refractivity contribution in [2.24, 2.45) is 7.05 Å². The van der Waals surface area contributed by atoms with Crippen LogP contribution in [0.3, 0.4) is 0 Å². The Hall–Kier alpha value is -1.72. The maximum absolute atomic E-state index is 11.1. The van der Waals surface area contributed by atoms with Crippen LogP contribution in [0.4, 0.5) is 0 Å². The SMILES string of the molecule is CCc1c(CNC(C)=O)nn(C)c1Oc1cc(Cl)cc(Cl)c1. The van der Waals surface area contributed by atoms with Crippen molar-refractivity contribution in [3.05, 3.63) is 39.5 Å². The number of hydrogen-bond donors (Lipinski definition) is 1. The van der Waals surface area contributed by atoms with E-state index in [9.17, 15) is 4.79 Å². The number of nitrogens with zero attached hydrogens (tertiary/aromatic N) is 2. The highest BCUT2D eigenvalue weighted by Gasteiger charge is 2.17. The molecule has 0 atom stereocenters. The van der Waals surface area contributed by atoms with Crippen LogP contribution in [0, 0.1) is 0 Å². The van der Waals surface area contributed by atoms with Gasteiger partial charge in [-0.1, -0.05) is 30.1 Å². The van der Waals surface area contributed by atoms with Crippen LogP contribution < -0.4 is 10.1 Å². The maximum Gasteiger partial charge on any atom is 0.221 e. The van der Waals surface area contributed by atoms with Crippen molar-refractivity contribution in [3.63, 3.8) is 0 Å². The van der Waals surface area contributed by atoms with E-state index in [1.54, 1.807) is 29.9 Å². The predicted octanol–water partition coefficient (Wildman–Crippen LogP) is 3.72. The van der Waals surface area contributed by atoms with Crippen LogP contribution in [0.25, 0.3) is 0 Å². The molecule has 1 heterocycles. The molecule has 0 bridgehead atoms. The number of hydrogen-bond acceptors (Lipinski definition) is 3. The van der Waals surface area contributed by atoms with Crippen LogP contribution in [0.15, 0.2) is 18.2 Å². The standard InChI is InChI=1S/C15H17Cl2N3O2/c1-4-13-14(8-18-9(2)21)19-20(3)15(13)22-12-6-10(16)5-11(17)7-12/h5-7H,4,8H2,1-3H3,(H,18,21). The lowest BCUT2D eigenvalue weighted by Gasteiger charge is -2.09. The zero-order chi connectivity index (χ0) is 16.3. The molecule has 118 valence electrons. The fourth-order valence-corrected chi connectivity index (χ4v) is 2.64. The molecule has 1 aromatic heterocycles. The molecule has 1 amide bonds. The minimum absolute atomic E-state index is 0.100. The van der Waals surface area contributed by atoms with Gasteiger partial charge in [0.1, 0.15) is 5.75 Å². The summed E-state index contributed by atoms with van der Waals surface area (Å²) < 4.78 is 7.54. The molecule has 0 saturated heterocycles. The van der Waals surface area contributed by atoms with Crippen LogP contribution in [0.1, 0.15) is 25.1 Å². The minimum atomic E-state index is -0.100.